The first kappa shape index (κ1) is 16.6. The molecule has 26 heavy (non-hydrogen) atoms. The van der Waals surface area contributed by atoms with E-state index in [4.69, 9.17) is 0 Å². The minimum absolute atomic E-state index is 0.248. The van der Waals surface area contributed by atoms with Crippen LogP contribution in [0.4, 0.5) is 5.13 Å². The molecule has 0 aliphatic rings. The van der Waals surface area contributed by atoms with Gasteiger partial charge in [0.05, 0.1) is 17.2 Å². The summed E-state index contributed by atoms with van der Waals surface area (Å²) in [6.45, 7) is 0. The maximum Gasteiger partial charge on any atom is 0.277 e. The zero-order chi connectivity index (χ0) is 17.8. The molecule has 2 aromatic heterocycles. The number of carbonyl (C=O) groups is 1. The Morgan fingerprint density at radius 2 is 1.77 bits per heavy atom. The van der Waals surface area contributed by atoms with E-state index in [1.165, 1.54) is 23.5 Å². The number of carbonyl (C=O) groups excluding carboxylic acids is 1. The third kappa shape index (κ3) is 3.87. The van der Waals surface area contributed by atoms with Gasteiger partial charge in [-0.3, -0.25) is 15.1 Å². The Bertz CT molecular complexity index is 1050. The van der Waals surface area contributed by atoms with Crippen molar-refractivity contribution < 1.29 is 4.79 Å². The topological polar surface area (TPSA) is 80.7 Å². The fourth-order valence-electron chi connectivity index (χ4n) is 2.27. The standard InChI is InChI=1S/C18H13N5OS2/c24-16(15-10-19-13-8-4-5-9-14(13)20-15)21-17-22-18(23-26-17)25-11-12-6-2-1-3-7-12/h1-10H,11H2,(H,21,22,23,24). The average Bonchev–Trinajstić information content (AvgIpc) is 3.14. The molecular formula is C18H13N5OS2. The molecule has 1 amide bonds. The number of hydrogen-bond acceptors (Lipinski definition) is 7. The molecule has 4 aromatic rings. The van der Waals surface area contributed by atoms with Gasteiger partial charge in [0.2, 0.25) is 10.3 Å². The molecule has 0 unspecified atom stereocenters. The zero-order valence-electron chi connectivity index (χ0n) is 13.5. The molecule has 0 spiro atoms. The monoisotopic (exact) mass is 379 g/mol. The molecule has 0 aliphatic carbocycles. The summed E-state index contributed by atoms with van der Waals surface area (Å²) in [5, 5.41) is 3.81. The molecule has 8 heteroatoms. The van der Waals surface area contributed by atoms with Gasteiger partial charge >= 0.3 is 0 Å². The number of rotatable bonds is 5. The average molecular weight is 379 g/mol. The summed E-state index contributed by atoms with van der Waals surface area (Å²) in [6.07, 6.45) is 1.46. The highest BCUT2D eigenvalue weighted by Gasteiger charge is 2.13. The highest BCUT2D eigenvalue weighted by Crippen LogP contribution is 2.23. The SMILES string of the molecule is O=C(Nc1nc(SCc2ccccc2)ns1)c1cnc2ccccc2n1. The van der Waals surface area contributed by atoms with Crippen LogP contribution in [0.5, 0.6) is 0 Å². The second-order valence-electron chi connectivity index (χ2n) is 5.35. The van der Waals surface area contributed by atoms with Crippen molar-refractivity contribution in [2.45, 2.75) is 10.9 Å². The number of para-hydroxylation sites is 2. The number of benzene rings is 2. The van der Waals surface area contributed by atoms with E-state index in [-0.39, 0.29) is 11.6 Å². The van der Waals surface area contributed by atoms with E-state index in [0.717, 1.165) is 22.8 Å². The van der Waals surface area contributed by atoms with Crippen LogP contribution >= 0.6 is 23.3 Å². The van der Waals surface area contributed by atoms with Crippen molar-refractivity contribution in [1.29, 1.82) is 0 Å². The van der Waals surface area contributed by atoms with Crippen molar-refractivity contribution in [3.63, 3.8) is 0 Å². The Labute approximate surface area is 157 Å². The molecule has 0 saturated carbocycles. The van der Waals surface area contributed by atoms with Crippen molar-refractivity contribution in [2.24, 2.45) is 0 Å². The van der Waals surface area contributed by atoms with Crippen molar-refractivity contribution in [3.8, 4) is 0 Å². The number of hydrogen-bond donors (Lipinski definition) is 1. The minimum atomic E-state index is -0.348. The van der Waals surface area contributed by atoms with Crippen LogP contribution in [0.15, 0.2) is 66.0 Å². The van der Waals surface area contributed by atoms with Crippen LogP contribution in [0.3, 0.4) is 0 Å². The fraction of sp³-hybridized carbons (Fsp3) is 0.0556. The van der Waals surface area contributed by atoms with Crippen LogP contribution in [-0.4, -0.2) is 25.2 Å². The largest absolute Gasteiger partial charge is 0.295 e. The normalized spacial score (nSPS) is 10.8. The second-order valence-corrected chi connectivity index (χ2v) is 7.05. The number of amides is 1. The lowest BCUT2D eigenvalue weighted by Crippen LogP contribution is -2.14. The fourth-order valence-corrected chi connectivity index (χ4v) is 3.76. The molecule has 128 valence electrons. The van der Waals surface area contributed by atoms with Gasteiger partial charge in [-0.2, -0.15) is 9.36 Å². The molecule has 0 radical (unpaired) electrons. The van der Waals surface area contributed by atoms with Gasteiger partial charge in [0, 0.05) is 17.3 Å². The van der Waals surface area contributed by atoms with Crippen LogP contribution in [-0.2, 0) is 5.75 Å². The highest BCUT2D eigenvalue weighted by atomic mass is 32.2. The van der Waals surface area contributed by atoms with Crippen molar-refractivity contribution in [3.05, 3.63) is 72.1 Å². The van der Waals surface area contributed by atoms with E-state index in [9.17, 15) is 4.79 Å². The van der Waals surface area contributed by atoms with Gasteiger partial charge in [-0.15, -0.1) is 0 Å². The van der Waals surface area contributed by atoms with Gasteiger partial charge in [-0.05, 0) is 17.7 Å². The molecule has 2 heterocycles. The van der Waals surface area contributed by atoms with E-state index in [2.05, 4.69) is 36.8 Å². The lowest BCUT2D eigenvalue weighted by atomic mass is 10.2. The van der Waals surface area contributed by atoms with Gasteiger partial charge in [0.15, 0.2) is 0 Å². The molecule has 0 aliphatic heterocycles. The van der Waals surface area contributed by atoms with E-state index >= 15 is 0 Å². The molecular weight excluding hydrogens is 366 g/mol. The second kappa shape index (κ2) is 7.59. The smallest absolute Gasteiger partial charge is 0.277 e. The van der Waals surface area contributed by atoms with Gasteiger partial charge in [0.1, 0.15) is 5.69 Å². The van der Waals surface area contributed by atoms with Crippen LogP contribution in [0.2, 0.25) is 0 Å². The van der Waals surface area contributed by atoms with Crippen LogP contribution in [0.1, 0.15) is 16.1 Å². The maximum atomic E-state index is 12.4. The lowest BCUT2D eigenvalue weighted by molar-refractivity contribution is 0.102. The Kier molecular flexibility index (Phi) is 4.85. The predicted octanol–water partition coefficient (Wildman–Crippen LogP) is 4.03. The minimum Gasteiger partial charge on any atom is -0.295 e. The molecule has 4 rings (SSSR count). The third-order valence-electron chi connectivity index (χ3n) is 3.52. The van der Waals surface area contributed by atoms with E-state index < -0.39 is 0 Å². The van der Waals surface area contributed by atoms with Crippen LogP contribution in [0, 0.1) is 0 Å². The van der Waals surface area contributed by atoms with Crippen molar-refractivity contribution in [2.75, 3.05) is 5.32 Å². The zero-order valence-corrected chi connectivity index (χ0v) is 15.1. The molecule has 0 atom stereocenters. The lowest BCUT2D eigenvalue weighted by Gasteiger charge is -2.02. The Morgan fingerprint density at radius 1 is 1.00 bits per heavy atom. The number of nitrogens with zero attached hydrogens (tertiary/aromatic N) is 4. The number of thioether (sulfide) groups is 1. The van der Waals surface area contributed by atoms with Gasteiger partial charge in [-0.1, -0.05) is 54.2 Å². The van der Waals surface area contributed by atoms with Crippen molar-refractivity contribution in [1.82, 2.24) is 19.3 Å². The van der Waals surface area contributed by atoms with Crippen LogP contribution in [0.25, 0.3) is 11.0 Å². The molecule has 1 N–H and O–H groups in total. The van der Waals surface area contributed by atoms with E-state index in [1.54, 1.807) is 0 Å². The van der Waals surface area contributed by atoms with E-state index in [1.807, 2.05) is 42.5 Å². The van der Waals surface area contributed by atoms with Gasteiger partial charge in [-0.25, -0.2) is 4.98 Å². The van der Waals surface area contributed by atoms with Gasteiger partial charge in [0.25, 0.3) is 5.91 Å². The van der Waals surface area contributed by atoms with Crippen LogP contribution < -0.4 is 5.32 Å². The Morgan fingerprint density at radius 3 is 2.62 bits per heavy atom. The predicted molar refractivity (Wildman–Crippen MR) is 103 cm³/mol. The summed E-state index contributed by atoms with van der Waals surface area (Å²) < 4.78 is 4.27. The quantitative estimate of drug-likeness (QED) is 0.527. The summed E-state index contributed by atoms with van der Waals surface area (Å²) in [7, 11) is 0. The first-order valence-corrected chi connectivity index (χ1v) is 9.57. The summed E-state index contributed by atoms with van der Waals surface area (Å²) in [6, 6.07) is 17.5. The Hall–Kier alpha value is -2.84. The van der Waals surface area contributed by atoms with E-state index in [0.29, 0.717) is 15.8 Å². The van der Waals surface area contributed by atoms with Gasteiger partial charge < -0.3 is 0 Å². The first-order chi connectivity index (χ1) is 12.8. The molecule has 0 fully saturated rings. The molecule has 0 saturated heterocycles. The molecule has 6 nitrogen and oxygen atoms in total. The third-order valence-corrected chi connectivity index (χ3v) is 5.18. The number of nitrogens with one attached hydrogen (secondary N) is 1. The highest BCUT2D eigenvalue weighted by molar-refractivity contribution is 7.98. The summed E-state index contributed by atoms with van der Waals surface area (Å²) in [4.78, 5) is 25.3. The molecule has 2 aromatic carbocycles. The summed E-state index contributed by atoms with van der Waals surface area (Å²) >= 11 is 2.68. The first-order valence-electron chi connectivity index (χ1n) is 7.81. The molecule has 0 bridgehead atoms. The summed E-state index contributed by atoms with van der Waals surface area (Å²) in [5.41, 5.74) is 2.87. The number of fused-ring (bicyclic) bond motifs is 1. The maximum absolute atomic E-state index is 12.4. The Balaban J connectivity index is 1.42. The van der Waals surface area contributed by atoms with Crippen molar-refractivity contribution >= 4 is 45.4 Å². The number of anilines is 1. The summed E-state index contributed by atoms with van der Waals surface area (Å²) in [5.74, 6) is 0.431. The number of aromatic nitrogens is 4.